The molecule has 3 N–H and O–H groups in total. The summed E-state index contributed by atoms with van der Waals surface area (Å²) in [4.78, 5) is 21.7. The van der Waals surface area contributed by atoms with E-state index in [4.69, 9.17) is 5.90 Å². The van der Waals surface area contributed by atoms with Gasteiger partial charge in [0.05, 0.1) is 11.0 Å². The maximum absolute atomic E-state index is 10.9. The van der Waals surface area contributed by atoms with E-state index in [1.165, 1.54) is 0 Å². The Morgan fingerprint density at radius 3 is 2.92 bits per heavy atom. The number of carbonyl (C=O) groups is 1. The van der Waals surface area contributed by atoms with Crippen molar-refractivity contribution in [1.82, 2.24) is 9.97 Å². The average molecular weight is 177 g/mol. The van der Waals surface area contributed by atoms with E-state index in [2.05, 4.69) is 14.8 Å². The first-order chi connectivity index (χ1) is 6.31. The van der Waals surface area contributed by atoms with Crippen LogP contribution in [0.25, 0.3) is 11.0 Å². The lowest BCUT2D eigenvalue weighted by atomic mass is 10.3. The molecule has 0 fully saturated rings. The second-order valence-electron chi connectivity index (χ2n) is 2.51. The number of imidazole rings is 1. The molecule has 1 aromatic heterocycles. The second-order valence-corrected chi connectivity index (χ2v) is 2.51. The molecule has 66 valence electrons. The maximum Gasteiger partial charge on any atom is 0.392 e. The highest BCUT2D eigenvalue weighted by atomic mass is 16.7. The summed E-state index contributed by atoms with van der Waals surface area (Å²) in [6.07, 6.45) is 0. The molecule has 0 saturated heterocycles. The molecule has 0 spiro atoms. The summed E-state index contributed by atoms with van der Waals surface area (Å²) in [7, 11) is 0. The molecule has 0 unspecified atom stereocenters. The average Bonchev–Trinajstić information content (AvgIpc) is 2.59. The predicted molar refractivity (Wildman–Crippen MR) is 45.7 cm³/mol. The van der Waals surface area contributed by atoms with Gasteiger partial charge in [0.25, 0.3) is 0 Å². The number of hydrogen-bond donors (Lipinski definition) is 2. The van der Waals surface area contributed by atoms with Crippen molar-refractivity contribution in [2.75, 3.05) is 0 Å². The van der Waals surface area contributed by atoms with Gasteiger partial charge in [-0.3, -0.25) is 0 Å². The van der Waals surface area contributed by atoms with Crippen LogP contribution in [0.5, 0.6) is 0 Å². The topological polar surface area (TPSA) is 81.0 Å². The van der Waals surface area contributed by atoms with E-state index < -0.39 is 5.97 Å². The van der Waals surface area contributed by atoms with Crippen LogP contribution < -0.4 is 5.90 Å². The minimum Gasteiger partial charge on any atom is -0.367 e. The summed E-state index contributed by atoms with van der Waals surface area (Å²) in [5.74, 6) is 4.16. The van der Waals surface area contributed by atoms with Gasteiger partial charge >= 0.3 is 5.97 Å². The van der Waals surface area contributed by atoms with Crippen molar-refractivity contribution in [3.8, 4) is 0 Å². The van der Waals surface area contributed by atoms with Crippen LogP contribution in [0, 0.1) is 0 Å². The highest BCUT2D eigenvalue weighted by Crippen LogP contribution is 2.10. The van der Waals surface area contributed by atoms with Gasteiger partial charge in [-0.05, 0) is 12.1 Å². The molecule has 1 aromatic carbocycles. The molecule has 2 rings (SSSR count). The number of H-pyrrole nitrogens is 1. The van der Waals surface area contributed by atoms with Gasteiger partial charge in [0.15, 0.2) is 0 Å². The zero-order valence-electron chi connectivity index (χ0n) is 6.65. The Balaban J connectivity index is 2.56. The minimum atomic E-state index is -0.670. The molecule has 13 heavy (non-hydrogen) atoms. The van der Waals surface area contributed by atoms with Crippen LogP contribution in [0.3, 0.4) is 0 Å². The fourth-order valence-corrected chi connectivity index (χ4v) is 1.11. The van der Waals surface area contributed by atoms with Crippen molar-refractivity contribution in [3.63, 3.8) is 0 Å². The minimum absolute atomic E-state index is 0.115. The normalized spacial score (nSPS) is 10.2. The van der Waals surface area contributed by atoms with E-state index in [0.29, 0.717) is 5.52 Å². The molecule has 0 saturated carbocycles. The number of fused-ring (bicyclic) bond motifs is 1. The SMILES string of the molecule is NOC(=O)c1nc2ccccc2[nH]1. The number of benzene rings is 1. The lowest BCUT2D eigenvalue weighted by Crippen LogP contribution is -2.11. The molecule has 0 aliphatic carbocycles. The van der Waals surface area contributed by atoms with Crippen molar-refractivity contribution in [2.24, 2.45) is 5.90 Å². The summed E-state index contributed by atoms with van der Waals surface area (Å²) >= 11 is 0. The van der Waals surface area contributed by atoms with Gasteiger partial charge < -0.3 is 9.82 Å². The smallest absolute Gasteiger partial charge is 0.367 e. The van der Waals surface area contributed by atoms with Crippen LogP contribution in [0.2, 0.25) is 0 Å². The highest BCUT2D eigenvalue weighted by molar-refractivity contribution is 5.89. The van der Waals surface area contributed by atoms with Crippen molar-refractivity contribution in [2.45, 2.75) is 0 Å². The predicted octanol–water partition coefficient (Wildman–Crippen LogP) is 0.593. The van der Waals surface area contributed by atoms with Crippen molar-refractivity contribution < 1.29 is 9.63 Å². The van der Waals surface area contributed by atoms with Crippen molar-refractivity contribution in [3.05, 3.63) is 30.1 Å². The number of rotatable bonds is 1. The van der Waals surface area contributed by atoms with E-state index in [1.807, 2.05) is 18.2 Å². The van der Waals surface area contributed by atoms with Crippen LogP contribution in [-0.4, -0.2) is 15.9 Å². The summed E-state index contributed by atoms with van der Waals surface area (Å²) in [6, 6.07) is 7.29. The van der Waals surface area contributed by atoms with E-state index >= 15 is 0 Å². The van der Waals surface area contributed by atoms with E-state index in [9.17, 15) is 4.79 Å². The van der Waals surface area contributed by atoms with Gasteiger partial charge in [-0.2, -0.15) is 5.90 Å². The third kappa shape index (κ3) is 1.25. The summed E-state index contributed by atoms with van der Waals surface area (Å²) in [6.45, 7) is 0. The lowest BCUT2D eigenvalue weighted by Gasteiger charge is -1.89. The van der Waals surface area contributed by atoms with Gasteiger partial charge in [-0.1, -0.05) is 12.1 Å². The molecule has 5 heteroatoms. The quantitative estimate of drug-likeness (QED) is 0.625. The molecule has 0 amide bonds. The molecule has 0 atom stereocenters. The number of carbonyl (C=O) groups excluding carboxylic acids is 1. The monoisotopic (exact) mass is 177 g/mol. The van der Waals surface area contributed by atoms with Crippen LogP contribution in [-0.2, 0) is 4.84 Å². The molecule has 5 nitrogen and oxygen atoms in total. The molecule has 0 radical (unpaired) electrons. The standard InChI is InChI=1S/C8H7N3O2/c9-13-8(12)7-10-5-3-1-2-4-6(5)11-7/h1-4H,9H2,(H,10,11). The number of nitrogens with zero attached hydrogens (tertiary/aromatic N) is 1. The zero-order valence-corrected chi connectivity index (χ0v) is 6.65. The highest BCUT2D eigenvalue weighted by Gasteiger charge is 2.10. The van der Waals surface area contributed by atoms with E-state index in [0.717, 1.165) is 5.52 Å². The Labute approximate surface area is 73.5 Å². The molecule has 0 aliphatic rings. The van der Waals surface area contributed by atoms with Crippen LogP contribution in [0.4, 0.5) is 0 Å². The summed E-state index contributed by atoms with van der Waals surface area (Å²) in [5, 5.41) is 0. The van der Waals surface area contributed by atoms with Gasteiger partial charge in [-0.15, -0.1) is 0 Å². The fourth-order valence-electron chi connectivity index (χ4n) is 1.11. The number of nitrogens with one attached hydrogen (secondary N) is 1. The Bertz CT molecular complexity index is 416. The second kappa shape index (κ2) is 2.87. The van der Waals surface area contributed by atoms with E-state index in [-0.39, 0.29) is 5.82 Å². The van der Waals surface area contributed by atoms with Crippen molar-refractivity contribution >= 4 is 17.0 Å². The first-order valence-electron chi connectivity index (χ1n) is 3.67. The van der Waals surface area contributed by atoms with E-state index in [1.54, 1.807) is 6.07 Å². The molecule has 0 bridgehead atoms. The molecular formula is C8H7N3O2. The Morgan fingerprint density at radius 2 is 2.23 bits per heavy atom. The van der Waals surface area contributed by atoms with Crippen LogP contribution >= 0.6 is 0 Å². The Hall–Kier alpha value is -1.88. The molecule has 2 aromatic rings. The molecular weight excluding hydrogens is 170 g/mol. The number of aromatic amines is 1. The van der Waals surface area contributed by atoms with Gasteiger partial charge in [0.1, 0.15) is 0 Å². The summed E-state index contributed by atoms with van der Waals surface area (Å²) < 4.78 is 0. The Morgan fingerprint density at radius 1 is 1.46 bits per heavy atom. The molecule has 1 heterocycles. The number of nitrogens with two attached hydrogens (primary N) is 1. The first kappa shape index (κ1) is 7.75. The first-order valence-corrected chi connectivity index (χ1v) is 3.67. The fraction of sp³-hybridized carbons (Fsp3) is 0. The zero-order chi connectivity index (χ0) is 9.26. The Kier molecular flexibility index (Phi) is 1.71. The van der Waals surface area contributed by atoms with Gasteiger partial charge in [0.2, 0.25) is 5.82 Å². The number of aromatic nitrogens is 2. The molecule has 0 aliphatic heterocycles. The maximum atomic E-state index is 10.9. The summed E-state index contributed by atoms with van der Waals surface area (Å²) in [5.41, 5.74) is 1.49. The number of hydrogen-bond acceptors (Lipinski definition) is 4. The van der Waals surface area contributed by atoms with Crippen molar-refractivity contribution in [1.29, 1.82) is 0 Å². The van der Waals surface area contributed by atoms with Crippen LogP contribution in [0.1, 0.15) is 10.6 Å². The largest absolute Gasteiger partial charge is 0.392 e. The lowest BCUT2D eigenvalue weighted by molar-refractivity contribution is 0.0490. The third-order valence-corrected chi connectivity index (χ3v) is 1.69. The van der Waals surface area contributed by atoms with Gasteiger partial charge in [-0.25, -0.2) is 9.78 Å². The van der Waals surface area contributed by atoms with Gasteiger partial charge in [0, 0.05) is 0 Å². The number of para-hydroxylation sites is 2. The third-order valence-electron chi connectivity index (χ3n) is 1.69. The van der Waals surface area contributed by atoms with Crippen LogP contribution in [0.15, 0.2) is 24.3 Å².